The molecule has 3 N–H and O–H groups in total. The fourth-order valence-corrected chi connectivity index (χ4v) is 2.57. The number of anilines is 1. The first-order valence-electron chi connectivity index (χ1n) is 7.41. The molecule has 0 aromatic heterocycles. The molecule has 0 bridgehead atoms. The quantitative estimate of drug-likeness (QED) is 0.678. The summed E-state index contributed by atoms with van der Waals surface area (Å²) in [5, 5.41) is 14.3. The highest BCUT2D eigenvalue weighted by molar-refractivity contribution is 6.00. The Kier molecular flexibility index (Phi) is 5.40. The van der Waals surface area contributed by atoms with Crippen LogP contribution in [0.2, 0.25) is 0 Å². The SMILES string of the molecule is COCC(C)(CC(=O)O)NC(=O)CC1Oc2ccccc2NC1=O. The van der Waals surface area contributed by atoms with Gasteiger partial charge in [0.25, 0.3) is 5.91 Å². The van der Waals surface area contributed by atoms with Gasteiger partial charge in [-0.3, -0.25) is 14.4 Å². The molecule has 2 unspecified atom stereocenters. The molecule has 2 rings (SSSR count). The van der Waals surface area contributed by atoms with Crippen molar-refractivity contribution in [3.63, 3.8) is 0 Å². The zero-order chi connectivity index (χ0) is 17.7. The zero-order valence-electron chi connectivity index (χ0n) is 13.5. The normalized spacial score (nSPS) is 18.6. The average Bonchev–Trinajstić information content (AvgIpc) is 2.46. The second-order valence-corrected chi connectivity index (χ2v) is 5.91. The number of amides is 2. The molecule has 2 amide bonds. The first kappa shape index (κ1) is 17.7. The number of para-hydroxylation sites is 2. The lowest BCUT2D eigenvalue weighted by atomic mass is 9.98. The van der Waals surface area contributed by atoms with E-state index in [-0.39, 0.29) is 19.4 Å². The Hall–Kier alpha value is -2.61. The first-order chi connectivity index (χ1) is 11.3. The van der Waals surface area contributed by atoms with Crippen LogP contribution in [0.3, 0.4) is 0 Å². The maximum absolute atomic E-state index is 12.2. The van der Waals surface area contributed by atoms with Crippen LogP contribution in [-0.2, 0) is 19.1 Å². The fourth-order valence-electron chi connectivity index (χ4n) is 2.57. The van der Waals surface area contributed by atoms with Gasteiger partial charge in [0, 0.05) is 7.11 Å². The number of carbonyl (C=O) groups is 3. The van der Waals surface area contributed by atoms with Gasteiger partial charge in [-0.2, -0.15) is 0 Å². The van der Waals surface area contributed by atoms with Crippen LogP contribution in [0.15, 0.2) is 24.3 Å². The maximum atomic E-state index is 12.2. The van der Waals surface area contributed by atoms with E-state index in [4.69, 9.17) is 14.6 Å². The Morgan fingerprint density at radius 1 is 1.42 bits per heavy atom. The van der Waals surface area contributed by atoms with Crippen LogP contribution in [-0.4, -0.2) is 48.2 Å². The smallest absolute Gasteiger partial charge is 0.305 e. The van der Waals surface area contributed by atoms with E-state index in [9.17, 15) is 14.4 Å². The van der Waals surface area contributed by atoms with Gasteiger partial charge in [-0.25, -0.2) is 0 Å². The number of rotatable bonds is 7. The van der Waals surface area contributed by atoms with Crippen molar-refractivity contribution >= 4 is 23.5 Å². The Morgan fingerprint density at radius 3 is 2.79 bits per heavy atom. The Labute approximate surface area is 139 Å². The van der Waals surface area contributed by atoms with Crippen LogP contribution in [0.5, 0.6) is 5.75 Å². The van der Waals surface area contributed by atoms with Gasteiger partial charge in [0.1, 0.15) is 5.75 Å². The Morgan fingerprint density at radius 2 is 2.12 bits per heavy atom. The summed E-state index contributed by atoms with van der Waals surface area (Å²) in [6.45, 7) is 1.60. The van der Waals surface area contributed by atoms with E-state index >= 15 is 0 Å². The molecule has 1 aliphatic rings. The third kappa shape index (κ3) is 4.45. The largest absolute Gasteiger partial charge is 0.481 e. The molecular formula is C16H20N2O6. The molecule has 8 heteroatoms. The number of benzene rings is 1. The molecule has 1 aromatic rings. The van der Waals surface area contributed by atoms with Gasteiger partial charge < -0.3 is 25.2 Å². The topological polar surface area (TPSA) is 114 Å². The minimum Gasteiger partial charge on any atom is -0.481 e. The van der Waals surface area contributed by atoms with Gasteiger partial charge >= 0.3 is 5.97 Å². The number of hydrogen-bond acceptors (Lipinski definition) is 5. The molecule has 0 saturated carbocycles. The summed E-state index contributed by atoms with van der Waals surface area (Å²) in [6.07, 6.45) is -1.50. The first-order valence-corrected chi connectivity index (χ1v) is 7.41. The number of nitrogens with one attached hydrogen (secondary N) is 2. The second-order valence-electron chi connectivity index (χ2n) is 5.91. The van der Waals surface area contributed by atoms with Crippen molar-refractivity contribution < 1.29 is 29.0 Å². The number of aliphatic carboxylic acids is 1. The number of carboxylic acids is 1. The highest BCUT2D eigenvalue weighted by atomic mass is 16.5. The highest BCUT2D eigenvalue weighted by Crippen LogP contribution is 2.29. The van der Waals surface area contributed by atoms with E-state index in [1.807, 2.05) is 0 Å². The van der Waals surface area contributed by atoms with Crippen LogP contribution in [0, 0.1) is 0 Å². The number of methoxy groups -OCH3 is 1. The summed E-state index contributed by atoms with van der Waals surface area (Å²) in [7, 11) is 1.42. The van der Waals surface area contributed by atoms with Crippen molar-refractivity contribution in [3.05, 3.63) is 24.3 Å². The van der Waals surface area contributed by atoms with E-state index in [0.29, 0.717) is 11.4 Å². The third-order valence-corrected chi connectivity index (χ3v) is 3.52. The van der Waals surface area contributed by atoms with Gasteiger partial charge in [-0.05, 0) is 19.1 Å². The molecule has 130 valence electrons. The molecule has 24 heavy (non-hydrogen) atoms. The minimum atomic E-state index is -1.07. The van der Waals surface area contributed by atoms with E-state index in [1.165, 1.54) is 7.11 Å². The molecular weight excluding hydrogens is 316 g/mol. The lowest BCUT2D eigenvalue weighted by Gasteiger charge is -2.30. The molecule has 1 aromatic carbocycles. The molecule has 8 nitrogen and oxygen atoms in total. The van der Waals surface area contributed by atoms with Crippen molar-refractivity contribution in [2.75, 3.05) is 19.0 Å². The summed E-state index contributed by atoms with van der Waals surface area (Å²) >= 11 is 0. The summed E-state index contributed by atoms with van der Waals surface area (Å²) in [5.74, 6) is -1.48. The van der Waals surface area contributed by atoms with Gasteiger partial charge in [-0.15, -0.1) is 0 Å². The van der Waals surface area contributed by atoms with Crippen molar-refractivity contribution in [3.8, 4) is 5.75 Å². The van der Waals surface area contributed by atoms with Crippen molar-refractivity contribution in [1.29, 1.82) is 0 Å². The van der Waals surface area contributed by atoms with E-state index in [0.717, 1.165) is 0 Å². The zero-order valence-corrected chi connectivity index (χ0v) is 13.5. The summed E-state index contributed by atoms with van der Waals surface area (Å²) < 4.78 is 10.5. The molecule has 1 heterocycles. The highest BCUT2D eigenvalue weighted by Gasteiger charge is 2.34. The predicted molar refractivity (Wildman–Crippen MR) is 84.8 cm³/mol. The summed E-state index contributed by atoms with van der Waals surface area (Å²) in [6, 6.07) is 6.92. The lowest BCUT2D eigenvalue weighted by molar-refractivity contribution is -0.140. The maximum Gasteiger partial charge on any atom is 0.305 e. The Bertz CT molecular complexity index is 647. The Balaban J connectivity index is 2.01. The van der Waals surface area contributed by atoms with E-state index in [2.05, 4.69) is 10.6 Å². The van der Waals surface area contributed by atoms with Crippen LogP contribution in [0.25, 0.3) is 0 Å². The molecule has 1 aliphatic heterocycles. The molecule has 0 spiro atoms. The van der Waals surface area contributed by atoms with Crippen LogP contribution >= 0.6 is 0 Å². The predicted octanol–water partition coefficient (Wildman–Crippen LogP) is 0.772. The monoisotopic (exact) mass is 336 g/mol. The lowest BCUT2D eigenvalue weighted by Crippen LogP contribution is -2.52. The van der Waals surface area contributed by atoms with Crippen molar-refractivity contribution in [2.45, 2.75) is 31.4 Å². The molecule has 0 aliphatic carbocycles. The van der Waals surface area contributed by atoms with Crippen molar-refractivity contribution in [2.24, 2.45) is 0 Å². The van der Waals surface area contributed by atoms with Gasteiger partial charge in [0.15, 0.2) is 6.10 Å². The van der Waals surface area contributed by atoms with Crippen LogP contribution in [0.4, 0.5) is 5.69 Å². The van der Waals surface area contributed by atoms with E-state index in [1.54, 1.807) is 31.2 Å². The van der Waals surface area contributed by atoms with Crippen molar-refractivity contribution in [1.82, 2.24) is 5.32 Å². The minimum absolute atomic E-state index is 0.0333. The molecule has 0 radical (unpaired) electrons. The number of carbonyl (C=O) groups excluding carboxylic acids is 2. The second kappa shape index (κ2) is 7.31. The van der Waals surface area contributed by atoms with Gasteiger partial charge in [0.2, 0.25) is 5.91 Å². The van der Waals surface area contributed by atoms with Gasteiger partial charge in [0.05, 0.1) is 30.7 Å². The number of hydrogen-bond donors (Lipinski definition) is 3. The third-order valence-electron chi connectivity index (χ3n) is 3.52. The number of ether oxygens (including phenoxy) is 2. The number of carboxylic acid groups (broad SMARTS) is 1. The fraction of sp³-hybridized carbons (Fsp3) is 0.438. The molecule has 2 atom stereocenters. The summed E-state index contributed by atoms with van der Waals surface area (Å²) in [4.78, 5) is 35.2. The van der Waals surface area contributed by atoms with Crippen LogP contribution in [0.1, 0.15) is 19.8 Å². The van der Waals surface area contributed by atoms with Gasteiger partial charge in [-0.1, -0.05) is 12.1 Å². The van der Waals surface area contributed by atoms with E-state index < -0.39 is 29.4 Å². The average molecular weight is 336 g/mol. The number of fused-ring (bicyclic) bond motifs is 1. The molecule has 0 saturated heterocycles. The molecule has 0 fully saturated rings. The standard InChI is InChI=1S/C16H20N2O6/c1-16(9-23-2,8-14(20)21)18-13(19)7-12-15(22)17-10-5-3-4-6-11(10)24-12/h3-6,12H,7-9H2,1-2H3,(H,17,22)(H,18,19)(H,20,21). The van der Waals surface area contributed by atoms with Crippen LogP contribution < -0.4 is 15.4 Å². The summed E-state index contributed by atoms with van der Waals surface area (Å²) in [5.41, 5.74) is -0.518.